The normalized spacial score (nSPS) is 10.2. The van der Waals surface area contributed by atoms with Crippen LogP contribution in [0, 0.1) is 5.82 Å². The van der Waals surface area contributed by atoms with Crippen LogP contribution in [0.4, 0.5) is 10.1 Å². The Balaban J connectivity index is 1.82. The van der Waals surface area contributed by atoms with E-state index in [1.54, 1.807) is 24.3 Å². The molecule has 0 aliphatic rings. The number of Topliss-reactive ketones (excluding diaryl/α,β-unsaturated/α-hetero) is 1. The summed E-state index contributed by atoms with van der Waals surface area (Å²) >= 11 is 0. The standard InChI is InChI=1S/C20H22FNO5/c1-13(23)14-6-8-18(19(11-14)26-3)27-10-4-5-20(24)22-15-7-9-17(25-2)16(21)12-15/h6-9,11-12H,4-5,10H2,1-3H3,(H,22,24). The molecule has 0 spiro atoms. The zero-order valence-electron chi connectivity index (χ0n) is 15.5. The Morgan fingerprint density at radius 3 is 2.33 bits per heavy atom. The fourth-order valence-corrected chi connectivity index (χ4v) is 2.39. The average Bonchev–Trinajstić information content (AvgIpc) is 2.65. The van der Waals surface area contributed by atoms with Gasteiger partial charge in [0.1, 0.15) is 0 Å². The summed E-state index contributed by atoms with van der Waals surface area (Å²) in [4.78, 5) is 23.3. The summed E-state index contributed by atoms with van der Waals surface area (Å²) in [6, 6.07) is 9.15. The van der Waals surface area contributed by atoms with E-state index in [1.165, 1.54) is 33.3 Å². The molecule has 144 valence electrons. The Kier molecular flexibility index (Phi) is 7.16. The molecular formula is C20H22FNO5. The molecule has 0 radical (unpaired) electrons. The Labute approximate surface area is 157 Å². The number of anilines is 1. The van der Waals surface area contributed by atoms with E-state index in [1.807, 2.05) is 0 Å². The third-order valence-electron chi connectivity index (χ3n) is 3.81. The summed E-state index contributed by atoms with van der Waals surface area (Å²) < 4.78 is 29.3. The van der Waals surface area contributed by atoms with Crippen molar-refractivity contribution in [3.05, 3.63) is 47.8 Å². The number of nitrogens with one attached hydrogen (secondary N) is 1. The van der Waals surface area contributed by atoms with Crippen molar-refractivity contribution in [2.24, 2.45) is 0 Å². The number of hydrogen-bond donors (Lipinski definition) is 1. The molecule has 1 amide bonds. The minimum atomic E-state index is -0.542. The van der Waals surface area contributed by atoms with Crippen molar-refractivity contribution in [1.29, 1.82) is 0 Å². The molecule has 0 fully saturated rings. The molecule has 0 aliphatic heterocycles. The second kappa shape index (κ2) is 9.56. The zero-order chi connectivity index (χ0) is 19.8. The van der Waals surface area contributed by atoms with Gasteiger partial charge < -0.3 is 19.5 Å². The quantitative estimate of drug-likeness (QED) is 0.532. The van der Waals surface area contributed by atoms with Crippen LogP contribution in [0.25, 0.3) is 0 Å². The summed E-state index contributed by atoms with van der Waals surface area (Å²) in [5, 5.41) is 2.62. The maximum Gasteiger partial charge on any atom is 0.224 e. The van der Waals surface area contributed by atoms with Crippen molar-refractivity contribution in [3.8, 4) is 17.2 Å². The summed E-state index contributed by atoms with van der Waals surface area (Å²) in [6.07, 6.45) is 0.670. The number of methoxy groups -OCH3 is 2. The fraction of sp³-hybridized carbons (Fsp3) is 0.300. The molecule has 7 heteroatoms. The van der Waals surface area contributed by atoms with Gasteiger partial charge in [0.25, 0.3) is 0 Å². The second-order valence-electron chi connectivity index (χ2n) is 5.77. The van der Waals surface area contributed by atoms with Gasteiger partial charge in [-0.1, -0.05) is 0 Å². The fourth-order valence-electron chi connectivity index (χ4n) is 2.39. The molecule has 1 N–H and O–H groups in total. The summed E-state index contributed by atoms with van der Waals surface area (Å²) in [7, 11) is 2.87. The largest absolute Gasteiger partial charge is 0.494 e. The molecule has 0 aromatic heterocycles. The topological polar surface area (TPSA) is 73.9 Å². The number of rotatable bonds is 9. The molecule has 2 aromatic rings. The monoisotopic (exact) mass is 375 g/mol. The van der Waals surface area contributed by atoms with Gasteiger partial charge in [0.05, 0.1) is 20.8 Å². The number of carbonyl (C=O) groups is 2. The Morgan fingerprint density at radius 1 is 1.00 bits per heavy atom. The maximum atomic E-state index is 13.6. The van der Waals surface area contributed by atoms with E-state index in [9.17, 15) is 14.0 Å². The maximum absolute atomic E-state index is 13.6. The Morgan fingerprint density at radius 2 is 1.70 bits per heavy atom. The first kappa shape index (κ1) is 20.2. The summed E-state index contributed by atoms with van der Waals surface area (Å²) in [6.45, 7) is 1.77. The van der Waals surface area contributed by atoms with E-state index in [4.69, 9.17) is 14.2 Å². The number of halogens is 1. The van der Waals surface area contributed by atoms with Gasteiger partial charge in [0, 0.05) is 23.7 Å². The number of hydrogen-bond acceptors (Lipinski definition) is 5. The van der Waals surface area contributed by atoms with E-state index in [-0.39, 0.29) is 23.9 Å². The lowest BCUT2D eigenvalue weighted by molar-refractivity contribution is -0.116. The third kappa shape index (κ3) is 5.70. The van der Waals surface area contributed by atoms with Crippen molar-refractivity contribution in [1.82, 2.24) is 0 Å². The minimum absolute atomic E-state index is 0.0634. The van der Waals surface area contributed by atoms with Crippen molar-refractivity contribution < 1.29 is 28.2 Å². The van der Waals surface area contributed by atoms with E-state index in [0.717, 1.165) is 0 Å². The van der Waals surface area contributed by atoms with Crippen LogP contribution in [0.3, 0.4) is 0 Å². The van der Waals surface area contributed by atoms with Gasteiger partial charge in [-0.15, -0.1) is 0 Å². The molecule has 0 atom stereocenters. The second-order valence-corrected chi connectivity index (χ2v) is 5.77. The molecule has 0 bridgehead atoms. The van der Waals surface area contributed by atoms with Crippen LogP contribution in [0.1, 0.15) is 30.1 Å². The predicted octanol–water partition coefficient (Wildman–Crippen LogP) is 3.84. The minimum Gasteiger partial charge on any atom is -0.494 e. The first-order valence-corrected chi connectivity index (χ1v) is 8.39. The first-order chi connectivity index (χ1) is 12.9. The van der Waals surface area contributed by atoms with E-state index in [2.05, 4.69) is 5.32 Å². The van der Waals surface area contributed by atoms with Gasteiger partial charge >= 0.3 is 0 Å². The summed E-state index contributed by atoms with van der Waals surface area (Å²) in [5.74, 6) is 0.223. The molecule has 0 saturated heterocycles. The molecule has 0 heterocycles. The first-order valence-electron chi connectivity index (χ1n) is 8.39. The Hall–Kier alpha value is -3.09. The van der Waals surface area contributed by atoms with Crippen LogP contribution >= 0.6 is 0 Å². The Bertz CT molecular complexity index is 822. The molecule has 6 nitrogen and oxygen atoms in total. The number of ether oxygens (including phenoxy) is 3. The highest BCUT2D eigenvalue weighted by Gasteiger charge is 2.10. The lowest BCUT2D eigenvalue weighted by atomic mass is 10.1. The van der Waals surface area contributed by atoms with Crippen LogP contribution in [0.15, 0.2) is 36.4 Å². The van der Waals surface area contributed by atoms with Crippen molar-refractivity contribution in [2.75, 3.05) is 26.1 Å². The van der Waals surface area contributed by atoms with Gasteiger partial charge in [-0.3, -0.25) is 9.59 Å². The highest BCUT2D eigenvalue weighted by atomic mass is 19.1. The van der Waals surface area contributed by atoms with E-state index in [0.29, 0.717) is 35.8 Å². The molecule has 2 rings (SSSR count). The van der Waals surface area contributed by atoms with Crippen molar-refractivity contribution in [2.45, 2.75) is 19.8 Å². The molecule has 2 aromatic carbocycles. The number of amides is 1. The van der Waals surface area contributed by atoms with Crippen LogP contribution in [-0.4, -0.2) is 32.5 Å². The number of carbonyl (C=O) groups excluding carboxylic acids is 2. The van der Waals surface area contributed by atoms with Crippen LogP contribution < -0.4 is 19.5 Å². The van der Waals surface area contributed by atoms with Crippen LogP contribution in [-0.2, 0) is 4.79 Å². The van der Waals surface area contributed by atoms with Gasteiger partial charge in [-0.05, 0) is 43.7 Å². The molecule has 0 saturated carbocycles. The van der Waals surface area contributed by atoms with Gasteiger partial charge in [0.2, 0.25) is 5.91 Å². The lowest BCUT2D eigenvalue weighted by Gasteiger charge is -2.11. The van der Waals surface area contributed by atoms with E-state index >= 15 is 0 Å². The molecule has 27 heavy (non-hydrogen) atoms. The number of ketones is 1. The predicted molar refractivity (Wildman–Crippen MR) is 99.3 cm³/mol. The van der Waals surface area contributed by atoms with Crippen LogP contribution in [0.2, 0.25) is 0 Å². The van der Waals surface area contributed by atoms with Crippen molar-refractivity contribution >= 4 is 17.4 Å². The smallest absolute Gasteiger partial charge is 0.224 e. The molecular weight excluding hydrogens is 353 g/mol. The third-order valence-corrected chi connectivity index (χ3v) is 3.81. The van der Waals surface area contributed by atoms with Gasteiger partial charge in [-0.2, -0.15) is 0 Å². The SMILES string of the molecule is COc1ccc(NC(=O)CCCOc2ccc(C(C)=O)cc2OC)cc1F. The highest BCUT2D eigenvalue weighted by molar-refractivity contribution is 5.94. The van der Waals surface area contributed by atoms with Crippen molar-refractivity contribution in [3.63, 3.8) is 0 Å². The molecule has 0 aliphatic carbocycles. The van der Waals surface area contributed by atoms with E-state index < -0.39 is 5.82 Å². The van der Waals surface area contributed by atoms with Crippen LogP contribution in [0.5, 0.6) is 17.2 Å². The average molecular weight is 375 g/mol. The van der Waals surface area contributed by atoms with Gasteiger partial charge in [-0.25, -0.2) is 4.39 Å². The van der Waals surface area contributed by atoms with Gasteiger partial charge in [0.15, 0.2) is 28.8 Å². The lowest BCUT2D eigenvalue weighted by Crippen LogP contribution is -2.13. The highest BCUT2D eigenvalue weighted by Crippen LogP contribution is 2.28. The summed E-state index contributed by atoms with van der Waals surface area (Å²) in [5.41, 5.74) is 0.894. The molecule has 0 unspecified atom stereocenters. The zero-order valence-corrected chi connectivity index (χ0v) is 15.5. The number of benzene rings is 2.